The zero-order valence-corrected chi connectivity index (χ0v) is 15.8. The van der Waals surface area contributed by atoms with Crippen LogP contribution in [-0.2, 0) is 14.4 Å². The second kappa shape index (κ2) is 13.4. The molecule has 1 fully saturated rings. The molecule has 0 aromatic carbocycles. The van der Waals surface area contributed by atoms with Gasteiger partial charge in [0.05, 0.1) is 19.3 Å². The van der Waals surface area contributed by atoms with Crippen LogP contribution in [0.3, 0.4) is 0 Å². The van der Waals surface area contributed by atoms with Crippen LogP contribution in [0.5, 0.6) is 0 Å². The summed E-state index contributed by atoms with van der Waals surface area (Å²) in [4.78, 5) is 38.8. The molecule has 10 nitrogen and oxygen atoms in total. The molecule has 0 spiro atoms. The highest BCUT2D eigenvalue weighted by Gasteiger charge is 2.15. The van der Waals surface area contributed by atoms with Crippen LogP contribution in [0.4, 0.5) is 0 Å². The van der Waals surface area contributed by atoms with E-state index < -0.39 is 17.9 Å². The van der Waals surface area contributed by atoms with Gasteiger partial charge in [-0.1, -0.05) is 0 Å². The molecule has 0 aromatic heterocycles. The molecule has 4 N–H and O–H groups in total. The van der Waals surface area contributed by atoms with Crippen LogP contribution in [0.2, 0.25) is 0 Å². The summed E-state index contributed by atoms with van der Waals surface area (Å²) in [5, 5.41) is 30.1. The van der Waals surface area contributed by atoms with Gasteiger partial charge < -0.3 is 35.3 Å². The number of nitrogens with one attached hydrogen (secondary N) is 1. The van der Waals surface area contributed by atoms with E-state index in [4.69, 9.17) is 15.3 Å². The number of nitrogens with zero attached hydrogens (tertiary/aromatic N) is 3. The van der Waals surface area contributed by atoms with Gasteiger partial charge in [0.1, 0.15) is 0 Å². The minimum absolute atomic E-state index is 0.0474. The van der Waals surface area contributed by atoms with E-state index in [0.717, 1.165) is 26.2 Å². The Labute approximate surface area is 159 Å². The standard InChI is InChI=1S/C17H32N4O6/c22-15(23)1-6-19-9-4-18-5-10-20(7-2-16(24)25)12-14-21(13-11-19)8-3-17(26)27/h18H,1-14H2,(H,22,23)(H,24,25)(H,26,27). The van der Waals surface area contributed by atoms with E-state index in [1.54, 1.807) is 0 Å². The topological polar surface area (TPSA) is 134 Å². The lowest BCUT2D eigenvalue weighted by Crippen LogP contribution is -2.45. The van der Waals surface area contributed by atoms with Gasteiger partial charge >= 0.3 is 17.9 Å². The number of carbonyl (C=O) groups is 3. The monoisotopic (exact) mass is 388 g/mol. The minimum atomic E-state index is -0.851. The zero-order valence-electron chi connectivity index (χ0n) is 15.8. The Balaban J connectivity index is 2.64. The van der Waals surface area contributed by atoms with Gasteiger partial charge in [-0.05, 0) is 0 Å². The third-order valence-electron chi connectivity index (χ3n) is 4.60. The molecule has 1 rings (SSSR count). The lowest BCUT2D eigenvalue weighted by Gasteiger charge is -2.31. The molecule has 156 valence electrons. The zero-order chi connectivity index (χ0) is 20.1. The highest BCUT2D eigenvalue weighted by molar-refractivity contribution is 5.67. The predicted octanol–water partition coefficient (Wildman–Crippen LogP) is -1.08. The summed E-state index contributed by atoms with van der Waals surface area (Å²) in [5.41, 5.74) is 0. The van der Waals surface area contributed by atoms with Gasteiger partial charge in [-0.25, -0.2) is 0 Å². The van der Waals surface area contributed by atoms with Crippen molar-refractivity contribution in [3.05, 3.63) is 0 Å². The molecule has 0 bridgehead atoms. The van der Waals surface area contributed by atoms with Crippen molar-refractivity contribution in [2.75, 3.05) is 72.0 Å². The van der Waals surface area contributed by atoms with E-state index in [2.05, 4.69) is 20.0 Å². The fourth-order valence-corrected chi connectivity index (χ4v) is 2.93. The first-order chi connectivity index (χ1) is 12.9. The van der Waals surface area contributed by atoms with Crippen LogP contribution in [-0.4, -0.2) is 120 Å². The molecule has 0 amide bonds. The highest BCUT2D eigenvalue weighted by atomic mass is 16.4. The summed E-state index contributed by atoms with van der Waals surface area (Å²) in [7, 11) is 0. The van der Waals surface area contributed by atoms with Gasteiger partial charge in [0, 0.05) is 72.0 Å². The smallest absolute Gasteiger partial charge is 0.304 e. The van der Waals surface area contributed by atoms with Crippen LogP contribution in [0.1, 0.15) is 19.3 Å². The molecule has 0 radical (unpaired) electrons. The molecule has 0 atom stereocenters. The molecule has 1 aliphatic heterocycles. The van der Waals surface area contributed by atoms with Crippen LogP contribution in [0.15, 0.2) is 0 Å². The van der Waals surface area contributed by atoms with Crippen molar-refractivity contribution in [1.29, 1.82) is 0 Å². The molecule has 1 aliphatic rings. The first-order valence-electron chi connectivity index (χ1n) is 9.40. The average Bonchev–Trinajstić information content (AvgIpc) is 2.59. The number of carboxylic acid groups (broad SMARTS) is 3. The second-order valence-electron chi connectivity index (χ2n) is 6.71. The number of hydrogen-bond donors (Lipinski definition) is 4. The normalized spacial score (nSPS) is 19.1. The van der Waals surface area contributed by atoms with Crippen LogP contribution < -0.4 is 5.32 Å². The quantitative estimate of drug-likeness (QED) is 0.386. The van der Waals surface area contributed by atoms with Gasteiger partial charge in [-0.3, -0.25) is 14.4 Å². The molecule has 0 aromatic rings. The molecular weight excluding hydrogens is 356 g/mol. The van der Waals surface area contributed by atoms with Crippen molar-refractivity contribution >= 4 is 17.9 Å². The largest absolute Gasteiger partial charge is 0.481 e. The Morgan fingerprint density at radius 1 is 0.593 bits per heavy atom. The molecule has 10 heteroatoms. The van der Waals surface area contributed by atoms with Crippen molar-refractivity contribution in [1.82, 2.24) is 20.0 Å². The Morgan fingerprint density at radius 3 is 1.19 bits per heavy atom. The molecule has 0 unspecified atom stereocenters. The van der Waals surface area contributed by atoms with Crippen LogP contribution in [0, 0.1) is 0 Å². The van der Waals surface area contributed by atoms with Crippen molar-refractivity contribution in [2.24, 2.45) is 0 Å². The van der Waals surface area contributed by atoms with E-state index in [1.165, 1.54) is 0 Å². The lowest BCUT2D eigenvalue weighted by atomic mass is 10.3. The number of rotatable bonds is 9. The maximum atomic E-state index is 10.9. The molecule has 27 heavy (non-hydrogen) atoms. The Kier molecular flexibility index (Phi) is 11.6. The first kappa shape index (κ1) is 23.3. The second-order valence-corrected chi connectivity index (χ2v) is 6.71. The fourth-order valence-electron chi connectivity index (χ4n) is 2.93. The Bertz CT molecular complexity index is 444. The summed E-state index contributed by atoms with van der Waals surface area (Å²) < 4.78 is 0. The van der Waals surface area contributed by atoms with E-state index >= 15 is 0 Å². The summed E-state index contributed by atoms with van der Waals surface area (Å²) in [5.74, 6) is -2.51. The van der Waals surface area contributed by atoms with Crippen molar-refractivity contribution in [2.45, 2.75) is 19.3 Å². The van der Waals surface area contributed by atoms with Crippen molar-refractivity contribution in [3.8, 4) is 0 Å². The van der Waals surface area contributed by atoms with Crippen LogP contribution >= 0.6 is 0 Å². The number of hydrogen-bond acceptors (Lipinski definition) is 7. The van der Waals surface area contributed by atoms with E-state index in [9.17, 15) is 14.4 Å². The summed E-state index contributed by atoms with van der Waals surface area (Å²) in [6, 6.07) is 0. The van der Waals surface area contributed by atoms with Crippen LogP contribution in [0.25, 0.3) is 0 Å². The van der Waals surface area contributed by atoms with E-state index in [-0.39, 0.29) is 19.3 Å². The third kappa shape index (κ3) is 12.3. The molecule has 1 heterocycles. The van der Waals surface area contributed by atoms with Crippen molar-refractivity contribution in [3.63, 3.8) is 0 Å². The third-order valence-corrected chi connectivity index (χ3v) is 4.60. The van der Waals surface area contributed by atoms with Gasteiger partial charge in [0.2, 0.25) is 0 Å². The summed E-state index contributed by atoms with van der Waals surface area (Å²) in [6.45, 7) is 6.89. The summed E-state index contributed by atoms with van der Waals surface area (Å²) >= 11 is 0. The number of aliphatic carboxylic acids is 3. The molecule has 0 aliphatic carbocycles. The maximum Gasteiger partial charge on any atom is 0.304 e. The SMILES string of the molecule is O=C(O)CCN1CCNCCN(CCC(=O)O)CCN(CCC(=O)O)CC1. The fraction of sp³-hybridized carbons (Fsp3) is 0.824. The summed E-state index contributed by atoms with van der Waals surface area (Å²) in [6.07, 6.45) is 0.210. The van der Waals surface area contributed by atoms with Gasteiger partial charge in [0.15, 0.2) is 0 Å². The minimum Gasteiger partial charge on any atom is -0.481 e. The Morgan fingerprint density at radius 2 is 0.889 bits per heavy atom. The number of carboxylic acids is 3. The van der Waals surface area contributed by atoms with Crippen molar-refractivity contribution < 1.29 is 29.7 Å². The predicted molar refractivity (Wildman–Crippen MR) is 98.9 cm³/mol. The highest BCUT2D eigenvalue weighted by Crippen LogP contribution is 2.00. The van der Waals surface area contributed by atoms with E-state index in [1.807, 2.05) is 0 Å². The maximum absolute atomic E-state index is 10.9. The van der Waals surface area contributed by atoms with Gasteiger partial charge in [0.25, 0.3) is 0 Å². The van der Waals surface area contributed by atoms with Gasteiger partial charge in [-0.15, -0.1) is 0 Å². The molecular formula is C17H32N4O6. The first-order valence-corrected chi connectivity index (χ1v) is 9.40. The van der Waals surface area contributed by atoms with E-state index in [0.29, 0.717) is 45.8 Å². The Hall–Kier alpha value is -1.75. The average molecular weight is 388 g/mol. The lowest BCUT2D eigenvalue weighted by molar-refractivity contribution is -0.138. The molecule has 1 saturated heterocycles. The molecule has 0 saturated carbocycles. The van der Waals surface area contributed by atoms with Gasteiger partial charge in [-0.2, -0.15) is 0 Å².